The molecule has 0 aliphatic carbocycles. The molecule has 1 aromatic heterocycles. The molecule has 4 nitrogen and oxygen atoms in total. The van der Waals surface area contributed by atoms with Gasteiger partial charge in [-0.25, -0.2) is 13.4 Å². The van der Waals surface area contributed by atoms with Crippen molar-refractivity contribution in [1.29, 1.82) is 0 Å². The molecule has 0 aromatic carbocycles. The molecule has 0 aliphatic rings. The number of thiazole rings is 1. The van der Waals surface area contributed by atoms with E-state index in [9.17, 15) is 8.42 Å². The Balaban J connectivity index is 2.69. The first-order valence-electron chi connectivity index (χ1n) is 4.31. The first-order valence-corrected chi connectivity index (χ1v) is 6.85. The van der Waals surface area contributed by atoms with Gasteiger partial charge in [0.1, 0.15) is 0 Å². The van der Waals surface area contributed by atoms with E-state index in [-0.39, 0.29) is 11.7 Å². The van der Waals surface area contributed by atoms with Gasteiger partial charge in [0, 0.05) is 5.38 Å². The summed E-state index contributed by atoms with van der Waals surface area (Å²) in [7, 11) is -3.22. The zero-order valence-corrected chi connectivity index (χ0v) is 10.1. The lowest BCUT2D eigenvalue weighted by molar-refractivity contribution is 0.587. The van der Waals surface area contributed by atoms with Crippen molar-refractivity contribution in [3.63, 3.8) is 0 Å². The molecule has 14 heavy (non-hydrogen) atoms. The molecular formula is C8H14N2O2S2. The highest BCUT2D eigenvalue weighted by atomic mass is 32.2. The second-order valence-electron chi connectivity index (χ2n) is 3.57. The van der Waals surface area contributed by atoms with Crippen LogP contribution < -0.4 is 4.72 Å². The number of hydrogen-bond acceptors (Lipinski definition) is 4. The molecule has 1 N–H and O–H groups in total. The zero-order valence-electron chi connectivity index (χ0n) is 8.44. The molecule has 1 rings (SSSR count). The molecule has 80 valence electrons. The molecule has 0 unspecified atom stereocenters. The number of anilines is 1. The third kappa shape index (κ3) is 3.63. The standard InChI is InChI=1S/C8H14N2O2S2/c1-6(2)5-14(11,12)10-8-9-7(3)4-13-8/h4,6H,5H2,1-3H3,(H,9,10). The maximum atomic E-state index is 11.5. The fraction of sp³-hybridized carbons (Fsp3) is 0.625. The molecule has 0 fully saturated rings. The van der Waals surface area contributed by atoms with Crippen molar-refractivity contribution in [3.05, 3.63) is 11.1 Å². The normalized spacial score (nSPS) is 12.0. The minimum Gasteiger partial charge on any atom is -0.259 e. The van der Waals surface area contributed by atoms with Crippen LogP contribution in [0.4, 0.5) is 5.13 Å². The topological polar surface area (TPSA) is 59.1 Å². The van der Waals surface area contributed by atoms with Crippen LogP contribution in [0.2, 0.25) is 0 Å². The molecular weight excluding hydrogens is 220 g/mol. The van der Waals surface area contributed by atoms with Crippen molar-refractivity contribution in [2.75, 3.05) is 10.5 Å². The Bertz CT molecular complexity index is 395. The Labute approximate surface area is 88.4 Å². The lowest BCUT2D eigenvalue weighted by Crippen LogP contribution is -2.19. The van der Waals surface area contributed by atoms with Gasteiger partial charge in [0.05, 0.1) is 11.4 Å². The summed E-state index contributed by atoms with van der Waals surface area (Å²) in [5, 5.41) is 2.26. The van der Waals surface area contributed by atoms with Crippen molar-refractivity contribution < 1.29 is 8.42 Å². The van der Waals surface area contributed by atoms with Crippen LogP contribution in [-0.4, -0.2) is 19.2 Å². The number of sulfonamides is 1. The molecule has 0 saturated heterocycles. The smallest absolute Gasteiger partial charge is 0.234 e. The summed E-state index contributed by atoms with van der Waals surface area (Å²) in [6.07, 6.45) is 0. The predicted octanol–water partition coefficient (Wildman–Crippen LogP) is 1.85. The molecule has 1 aromatic rings. The van der Waals surface area contributed by atoms with E-state index in [1.165, 1.54) is 11.3 Å². The third-order valence-corrected chi connectivity index (χ3v) is 4.03. The molecule has 6 heteroatoms. The molecule has 0 spiro atoms. The first-order chi connectivity index (χ1) is 6.39. The Morgan fingerprint density at radius 1 is 1.57 bits per heavy atom. The van der Waals surface area contributed by atoms with Crippen molar-refractivity contribution in [3.8, 4) is 0 Å². The average molecular weight is 234 g/mol. The number of hydrogen-bond donors (Lipinski definition) is 1. The molecule has 0 radical (unpaired) electrons. The van der Waals surface area contributed by atoms with Crippen LogP contribution in [0.25, 0.3) is 0 Å². The van der Waals surface area contributed by atoms with Crippen molar-refractivity contribution in [2.24, 2.45) is 5.92 Å². The van der Waals surface area contributed by atoms with Crippen molar-refractivity contribution >= 4 is 26.5 Å². The van der Waals surface area contributed by atoms with Crippen LogP contribution in [0.15, 0.2) is 5.38 Å². The summed E-state index contributed by atoms with van der Waals surface area (Å²) in [5.41, 5.74) is 0.831. The summed E-state index contributed by atoms with van der Waals surface area (Å²) in [4.78, 5) is 4.03. The van der Waals surface area contributed by atoms with Crippen LogP contribution in [0.5, 0.6) is 0 Å². The molecule has 0 bridgehead atoms. The molecule has 0 aliphatic heterocycles. The second kappa shape index (κ2) is 4.27. The van der Waals surface area contributed by atoms with Gasteiger partial charge in [-0.2, -0.15) is 0 Å². The minimum absolute atomic E-state index is 0.119. The van der Waals surface area contributed by atoms with E-state index in [0.717, 1.165) is 5.69 Å². The second-order valence-corrected chi connectivity index (χ2v) is 6.20. The quantitative estimate of drug-likeness (QED) is 0.865. The van der Waals surface area contributed by atoms with E-state index in [1.54, 1.807) is 0 Å². The van der Waals surface area contributed by atoms with E-state index in [2.05, 4.69) is 9.71 Å². The molecule has 0 atom stereocenters. The number of aromatic nitrogens is 1. The van der Waals surface area contributed by atoms with Gasteiger partial charge < -0.3 is 0 Å². The largest absolute Gasteiger partial charge is 0.259 e. The van der Waals surface area contributed by atoms with Crippen molar-refractivity contribution in [2.45, 2.75) is 20.8 Å². The van der Waals surface area contributed by atoms with E-state index >= 15 is 0 Å². The van der Waals surface area contributed by atoms with Crippen LogP contribution in [0.3, 0.4) is 0 Å². The molecule has 0 saturated carbocycles. The van der Waals surface area contributed by atoms with Gasteiger partial charge in [-0.05, 0) is 12.8 Å². The highest BCUT2D eigenvalue weighted by molar-refractivity contribution is 7.92. The van der Waals surface area contributed by atoms with Gasteiger partial charge >= 0.3 is 0 Å². The Hall–Kier alpha value is -0.620. The summed E-state index contributed by atoms with van der Waals surface area (Å²) in [6.45, 7) is 5.56. The lowest BCUT2D eigenvalue weighted by atomic mass is 10.3. The van der Waals surface area contributed by atoms with Gasteiger partial charge in [-0.1, -0.05) is 13.8 Å². The van der Waals surface area contributed by atoms with Crippen LogP contribution >= 0.6 is 11.3 Å². The fourth-order valence-electron chi connectivity index (χ4n) is 1.01. The maximum absolute atomic E-state index is 11.5. The summed E-state index contributed by atoms with van der Waals surface area (Å²) < 4.78 is 25.4. The highest BCUT2D eigenvalue weighted by Gasteiger charge is 2.14. The fourth-order valence-corrected chi connectivity index (χ4v) is 3.39. The van der Waals surface area contributed by atoms with Gasteiger partial charge in [0.25, 0.3) is 0 Å². The summed E-state index contributed by atoms with van der Waals surface area (Å²) in [5.74, 6) is 0.250. The van der Waals surface area contributed by atoms with E-state index in [1.807, 2.05) is 26.2 Å². The zero-order chi connectivity index (χ0) is 10.8. The van der Waals surface area contributed by atoms with E-state index in [0.29, 0.717) is 5.13 Å². The minimum atomic E-state index is -3.22. The van der Waals surface area contributed by atoms with Gasteiger partial charge in [-0.15, -0.1) is 11.3 Å². The Morgan fingerprint density at radius 2 is 2.21 bits per heavy atom. The predicted molar refractivity (Wildman–Crippen MR) is 59.1 cm³/mol. The Morgan fingerprint density at radius 3 is 2.64 bits per heavy atom. The molecule has 0 amide bonds. The van der Waals surface area contributed by atoms with E-state index < -0.39 is 10.0 Å². The van der Waals surface area contributed by atoms with Gasteiger partial charge in [0.15, 0.2) is 5.13 Å². The maximum Gasteiger partial charge on any atom is 0.234 e. The van der Waals surface area contributed by atoms with Crippen LogP contribution in [-0.2, 0) is 10.0 Å². The van der Waals surface area contributed by atoms with Crippen LogP contribution in [0.1, 0.15) is 19.5 Å². The highest BCUT2D eigenvalue weighted by Crippen LogP contribution is 2.16. The summed E-state index contributed by atoms with van der Waals surface area (Å²) in [6, 6.07) is 0. The van der Waals surface area contributed by atoms with Gasteiger partial charge in [0.2, 0.25) is 10.0 Å². The first kappa shape index (κ1) is 11.5. The Kier molecular flexibility index (Phi) is 3.49. The van der Waals surface area contributed by atoms with E-state index in [4.69, 9.17) is 0 Å². The summed E-state index contributed by atoms with van der Waals surface area (Å²) >= 11 is 1.30. The number of aryl methyl sites for hydroxylation is 1. The molecule has 1 heterocycles. The number of nitrogens with one attached hydrogen (secondary N) is 1. The lowest BCUT2D eigenvalue weighted by Gasteiger charge is -2.06. The van der Waals surface area contributed by atoms with Crippen molar-refractivity contribution in [1.82, 2.24) is 4.98 Å². The number of rotatable bonds is 4. The average Bonchev–Trinajstić information content (AvgIpc) is 2.30. The van der Waals surface area contributed by atoms with Crippen LogP contribution in [0, 0.1) is 12.8 Å². The van der Waals surface area contributed by atoms with Gasteiger partial charge in [-0.3, -0.25) is 4.72 Å². The SMILES string of the molecule is Cc1csc(NS(=O)(=O)CC(C)C)n1. The number of nitrogens with zero attached hydrogens (tertiary/aromatic N) is 1. The monoisotopic (exact) mass is 234 g/mol. The third-order valence-electron chi connectivity index (χ3n) is 1.41.